The minimum atomic E-state index is 1.06. The van der Waals surface area contributed by atoms with Crippen molar-refractivity contribution in [1.29, 1.82) is 0 Å². The maximum Gasteiger partial charge on any atom is -0.000728 e. The molecule has 2 aromatic carbocycles. The molecule has 1 aliphatic rings. The van der Waals surface area contributed by atoms with Crippen LogP contribution in [0.1, 0.15) is 61.8 Å². The van der Waals surface area contributed by atoms with Gasteiger partial charge in [-0.1, -0.05) is 57.0 Å². The number of rotatable bonds is 6. The highest BCUT2D eigenvalue weighted by Gasteiger charge is 2.19. The molecule has 0 aliphatic heterocycles. The van der Waals surface area contributed by atoms with Gasteiger partial charge >= 0.3 is 0 Å². The predicted molar refractivity (Wildman–Crippen MR) is 90.7 cm³/mol. The molecule has 0 heterocycles. The number of fused-ring (bicyclic) bond motifs is 3. The van der Waals surface area contributed by atoms with Crippen molar-refractivity contribution in [3.05, 3.63) is 58.7 Å². The van der Waals surface area contributed by atoms with Crippen LogP contribution in [0.25, 0.3) is 11.1 Å². The summed E-state index contributed by atoms with van der Waals surface area (Å²) in [5.74, 6) is 0. The van der Waals surface area contributed by atoms with Crippen molar-refractivity contribution in [3.8, 4) is 11.1 Å². The van der Waals surface area contributed by atoms with Crippen LogP contribution in [0.2, 0.25) is 0 Å². The van der Waals surface area contributed by atoms with Gasteiger partial charge in [0.15, 0.2) is 0 Å². The van der Waals surface area contributed by atoms with Crippen LogP contribution in [0, 0.1) is 6.07 Å². The second kappa shape index (κ2) is 6.47. The monoisotopic (exact) mass is 277 g/mol. The molecule has 0 nitrogen and oxygen atoms in total. The summed E-state index contributed by atoms with van der Waals surface area (Å²) in [6.07, 6.45) is 8.54. The fourth-order valence-electron chi connectivity index (χ4n) is 3.24. The van der Waals surface area contributed by atoms with E-state index in [0.29, 0.717) is 0 Å². The van der Waals surface area contributed by atoms with Gasteiger partial charge in [0.05, 0.1) is 0 Å². The highest BCUT2D eigenvalue weighted by Crippen LogP contribution is 2.37. The van der Waals surface area contributed by atoms with Crippen LogP contribution in [-0.2, 0) is 19.3 Å². The summed E-state index contributed by atoms with van der Waals surface area (Å²) >= 11 is 0. The molecule has 1 radical (unpaired) electrons. The topological polar surface area (TPSA) is 0 Å². The van der Waals surface area contributed by atoms with Crippen LogP contribution in [-0.4, -0.2) is 0 Å². The molecule has 3 rings (SSSR count). The normalized spacial score (nSPS) is 12.3. The smallest absolute Gasteiger partial charge is 0.000728 e. The molecule has 0 spiro atoms. The Balaban J connectivity index is 1.90. The maximum atomic E-state index is 3.54. The zero-order valence-electron chi connectivity index (χ0n) is 13.3. The highest BCUT2D eigenvalue weighted by molar-refractivity contribution is 5.77. The van der Waals surface area contributed by atoms with Crippen molar-refractivity contribution in [2.75, 3.05) is 0 Å². The number of benzene rings is 2. The lowest BCUT2D eigenvalue weighted by Gasteiger charge is -2.07. The van der Waals surface area contributed by atoms with Crippen LogP contribution in [0.4, 0.5) is 0 Å². The van der Waals surface area contributed by atoms with Crippen molar-refractivity contribution in [2.45, 2.75) is 58.8 Å². The van der Waals surface area contributed by atoms with E-state index >= 15 is 0 Å². The molecule has 0 aromatic heterocycles. The van der Waals surface area contributed by atoms with E-state index in [2.05, 4.69) is 50.2 Å². The molecule has 0 heteroatoms. The second-order valence-corrected chi connectivity index (χ2v) is 6.28. The first-order valence-electron chi connectivity index (χ1n) is 8.47. The highest BCUT2D eigenvalue weighted by atomic mass is 14.2. The van der Waals surface area contributed by atoms with Gasteiger partial charge in [-0.15, -0.1) is 0 Å². The van der Waals surface area contributed by atoms with Crippen LogP contribution in [0.15, 0.2) is 30.3 Å². The molecule has 0 bridgehead atoms. The molecule has 0 saturated heterocycles. The van der Waals surface area contributed by atoms with Gasteiger partial charge in [-0.05, 0) is 71.6 Å². The number of hydrogen-bond acceptors (Lipinski definition) is 0. The molecule has 0 amide bonds. The molecule has 0 fully saturated rings. The summed E-state index contributed by atoms with van der Waals surface area (Å²) in [5.41, 5.74) is 8.71. The van der Waals surface area contributed by atoms with E-state index in [1.807, 2.05) is 0 Å². The van der Waals surface area contributed by atoms with E-state index in [4.69, 9.17) is 0 Å². The van der Waals surface area contributed by atoms with Gasteiger partial charge < -0.3 is 0 Å². The number of unbranched alkanes of at least 4 members (excludes halogenated alkanes) is 2. The van der Waals surface area contributed by atoms with E-state index in [1.165, 1.54) is 71.9 Å². The Morgan fingerprint density at radius 2 is 1.62 bits per heavy atom. The van der Waals surface area contributed by atoms with Gasteiger partial charge in [-0.2, -0.15) is 0 Å². The van der Waals surface area contributed by atoms with Crippen LogP contribution < -0.4 is 0 Å². The molecule has 109 valence electrons. The minimum Gasteiger partial charge on any atom is -0.0654 e. The summed E-state index contributed by atoms with van der Waals surface area (Å²) in [7, 11) is 0. The maximum absolute atomic E-state index is 3.54. The average Bonchev–Trinajstić information content (AvgIpc) is 2.88. The summed E-state index contributed by atoms with van der Waals surface area (Å²) < 4.78 is 0. The molecular weight excluding hydrogens is 252 g/mol. The second-order valence-electron chi connectivity index (χ2n) is 6.28. The Morgan fingerprint density at radius 3 is 2.38 bits per heavy atom. The van der Waals surface area contributed by atoms with E-state index in [9.17, 15) is 0 Å². The third-order valence-electron chi connectivity index (χ3n) is 4.56. The molecule has 1 aliphatic carbocycles. The SMILES string of the molecule is CCCCc1c[c]c2c(c1)-c1cc(CCCC)ccc1C2. The van der Waals surface area contributed by atoms with Gasteiger partial charge in [0.1, 0.15) is 0 Å². The molecule has 0 atom stereocenters. The Labute approximate surface area is 129 Å². The predicted octanol–water partition coefficient (Wildman–Crippen LogP) is 5.74. The standard InChI is InChI=1S/C21H25/c1-3-5-7-16-9-11-18-15-19-12-10-17(8-6-4-2)14-21(19)20(18)13-16/h9-11,13-14H,3-8,15H2,1-2H3. The van der Waals surface area contributed by atoms with Crippen LogP contribution in [0.5, 0.6) is 0 Å². The van der Waals surface area contributed by atoms with Gasteiger partial charge in [-0.25, -0.2) is 0 Å². The zero-order valence-corrected chi connectivity index (χ0v) is 13.3. The first-order valence-corrected chi connectivity index (χ1v) is 8.47. The molecule has 0 saturated carbocycles. The Morgan fingerprint density at radius 1 is 0.905 bits per heavy atom. The molecule has 0 unspecified atom stereocenters. The lowest BCUT2D eigenvalue weighted by atomic mass is 9.98. The molecule has 2 aromatic rings. The van der Waals surface area contributed by atoms with E-state index < -0.39 is 0 Å². The minimum absolute atomic E-state index is 1.06. The molecule has 0 N–H and O–H groups in total. The first kappa shape index (κ1) is 14.4. The Hall–Kier alpha value is -1.56. The zero-order chi connectivity index (χ0) is 14.7. The number of hydrogen-bond donors (Lipinski definition) is 0. The summed E-state index contributed by atoms with van der Waals surface area (Å²) in [4.78, 5) is 0. The van der Waals surface area contributed by atoms with Gasteiger partial charge in [0.2, 0.25) is 0 Å². The van der Waals surface area contributed by atoms with Crippen LogP contribution >= 0.6 is 0 Å². The summed E-state index contributed by atoms with van der Waals surface area (Å²) in [6, 6.07) is 15.2. The Bertz CT molecular complexity index is 566. The van der Waals surface area contributed by atoms with Gasteiger partial charge in [-0.3, -0.25) is 0 Å². The quantitative estimate of drug-likeness (QED) is 0.538. The first-order chi connectivity index (χ1) is 10.3. The lowest BCUT2D eigenvalue weighted by Crippen LogP contribution is -1.89. The Kier molecular flexibility index (Phi) is 4.43. The van der Waals surface area contributed by atoms with Crippen molar-refractivity contribution in [1.82, 2.24) is 0 Å². The van der Waals surface area contributed by atoms with Crippen molar-refractivity contribution in [3.63, 3.8) is 0 Å². The molecular formula is C21H25. The van der Waals surface area contributed by atoms with Crippen molar-refractivity contribution in [2.24, 2.45) is 0 Å². The largest absolute Gasteiger partial charge is 0.0654 e. The van der Waals surface area contributed by atoms with E-state index in [0.717, 1.165) is 6.42 Å². The van der Waals surface area contributed by atoms with Crippen LogP contribution in [0.3, 0.4) is 0 Å². The van der Waals surface area contributed by atoms with E-state index in [-0.39, 0.29) is 0 Å². The molecule has 21 heavy (non-hydrogen) atoms. The summed E-state index contributed by atoms with van der Waals surface area (Å²) in [6.45, 7) is 4.52. The van der Waals surface area contributed by atoms with Crippen molar-refractivity contribution >= 4 is 0 Å². The fourth-order valence-corrected chi connectivity index (χ4v) is 3.24. The van der Waals surface area contributed by atoms with Gasteiger partial charge in [0, 0.05) is 0 Å². The number of aryl methyl sites for hydroxylation is 2. The lowest BCUT2D eigenvalue weighted by molar-refractivity contribution is 0.794. The third-order valence-corrected chi connectivity index (χ3v) is 4.56. The van der Waals surface area contributed by atoms with E-state index in [1.54, 1.807) is 0 Å². The average molecular weight is 277 g/mol. The third kappa shape index (κ3) is 3.05. The summed E-state index contributed by atoms with van der Waals surface area (Å²) in [5, 5.41) is 0. The fraction of sp³-hybridized carbons (Fsp3) is 0.429. The van der Waals surface area contributed by atoms with Crippen molar-refractivity contribution < 1.29 is 0 Å². The van der Waals surface area contributed by atoms with Gasteiger partial charge in [0.25, 0.3) is 0 Å².